The van der Waals surface area contributed by atoms with Crippen LogP contribution in [0.4, 0.5) is 0 Å². The van der Waals surface area contributed by atoms with Gasteiger partial charge in [0.1, 0.15) is 0 Å². The average molecular weight is 335 g/mol. The number of nitrogens with one attached hydrogen (secondary N) is 1. The normalized spacial score (nSPS) is 11.9. The van der Waals surface area contributed by atoms with Crippen molar-refractivity contribution in [2.75, 3.05) is 6.54 Å². The molecule has 2 amide bonds. The van der Waals surface area contributed by atoms with Crippen molar-refractivity contribution in [3.63, 3.8) is 0 Å². The highest BCUT2D eigenvalue weighted by atomic mass is 35.5. The first kappa shape index (κ1) is 17.1. The quantitative estimate of drug-likeness (QED) is 0.594. The van der Waals surface area contributed by atoms with Crippen LogP contribution in [0.1, 0.15) is 19.8 Å². The van der Waals surface area contributed by atoms with Gasteiger partial charge in [0.05, 0.1) is 10.3 Å². The predicted molar refractivity (Wildman–Crippen MR) is 83.2 cm³/mol. The summed E-state index contributed by atoms with van der Waals surface area (Å²) < 4.78 is 0. The lowest BCUT2D eigenvalue weighted by atomic mass is 10.3. The topological polar surface area (TPSA) is 72.2 Å². The summed E-state index contributed by atoms with van der Waals surface area (Å²) in [6.45, 7) is 2.21. The number of benzene rings is 1. The summed E-state index contributed by atoms with van der Waals surface area (Å²) in [6, 6.07) is 5.12. The molecule has 0 fully saturated rings. The molecule has 1 atom stereocenters. The number of primary amides is 1. The van der Waals surface area contributed by atoms with Crippen LogP contribution in [-0.4, -0.2) is 23.6 Å². The Kier molecular flexibility index (Phi) is 7.19. The van der Waals surface area contributed by atoms with Crippen LogP contribution in [0.3, 0.4) is 0 Å². The first-order valence-electron chi connectivity index (χ1n) is 6.08. The number of carbonyl (C=O) groups excluding carboxylic acids is 2. The molecule has 0 unspecified atom stereocenters. The standard InChI is InChI=1S/C13H16Cl2N2O2S/c1-8(13(19)17-6-2-3-12(16)18)20-11-7-9(14)4-5-10(11)15/h4-5,7-8H,2-3,6H2,1H3,(H2,16,18)(H,17,19)/t8-/m1/s1. The fraction of sp³-hybridized carbons (Fsp3) is 0.385. The van der Waals surface area contributed by atoms with E-state index in [1.807, 2.05) is 0 Å². The van der Waals surface area contributed by atoms with Gasteiger partial charge in [-0.05, 0) is 31.5 Å². The van der Waals surface area contributed by atoms with Crippen LogP contribution in [0.5, 0.6) is 0 Å². The summed E-state index contributed by atoms with van der Waals surface area (Å²) in [5.74, 6) is -0.483. The van der Waals surface area contributed by atoms with E-state index < -0.39 is 0 Å². The molecule has 0 radical (unpaired) electrons. The monoisotopic (exact) mass is 334 g/mol. The molecule has 0 heterocycles. The van der Waals surface area contributed by atoms with E-state index in [-0.39, 0.29) is 23.5 Å². The van der Waals surface area contributed by atoms with Crippen molar-refractivity contribution in [2.24, 2.45) is 5.73 Å². The van der Waals surface area contributed by atoms with E-state index in [1.165, 1.54) is 11.8 Å². The van der Waals surface area contributed by atoms with Crippen LogP contribution >= 0.6 is 35.0 Å². The van der Waals surface area contributed by atoms with Gasteiger partial charge >= 0.3 is 0 Å². The molecule has 1 aromatic carbocycles. The van der Waals surface area contributed by atoms with Crippen molar-refractivity contribution < 1.29 is 9.59 Å². The molecule has 20 heavy (non-hydrogen) atoms. The predicted octanol–water partition coefficient (Wildman–Crippen LogP) is 2.86. The zero-order valence-corrected chi connectivity index (χ0v) is 13.3. The molecular formula is C13H16Cl2N2O2S. The maximum atomic E-state index is 11.9. The van der Waals surface area contributed by atoms with Crippen molar-refractivity contribution in [1.82, 2.24) is 5.32 Å². The Hall–Kier alpha value is -0.910. The van der Waals surface area contributed by atoms with Gasteiger partial charge in [0.15, 0.2) is 0 Å². The molecular weight excluding hydrogens is 319 g/mol. The van der Waals surface area contributed by atoms with Crippen molar-refractivity contribution in [1.29, 1.82) is 0 Å². The third-order valence-electron chi connectivity index (χ3n) is 2.47. The summed E-state index contributed by atoms with van der Waals surface area (Å²) >= 11 is 13.3. The van der Waals surface area contributed by atoms with Crippen LogP contribution < -0.4 is 11.1 Å². The van der Waals surface area contributed by atoms with Gasteiger partial charge in [-0.3, -0.25) is 9.59 Å². The number of halogens is 2. The molecule has 4 nitrogen and oxygen atoms in total. The van der Waals surface area contributed by atoms with Crippen molar-refractivity contribution in [2.45, 2.75) is 29.9 Å². The van der Waals surface area contributed by atoms with E-state index in [2.05, 4.69) is 5.32 Å². The van der Waals surface area contributed by atoms with Gasteiger partial charge in [0.2, 0.25) is 11.8 Å². The molecule has 1 rings (SSSR count). The van der Waals surface area contributed by atoms with Gasteiger partial charge in [-0.15, -0.1) is 11.8 Å². The van der Waals surface area contributed by atoms with E-state index >= 15 is 0 Å². The lowest BCUT2D eigenvalue weighted by Gasteiger charge is -2.12. The third-order valence-corrected chi connectivity index (χ3v) is 4.30. The second-order valence-corrected chi connectivity index (χ2v) is 6.42. The second-order valence-electron chi connectivity index (χ2n) is 4.20. The van der Waals surface area contributed by atoms with E-state index in [1.54, 1.807) is 25.1 Å². The van der Waals surface area contributed by atoms with Gasteiger partial charge in [-0.25, -0.2) is 0 Å². The molecule has 0 saturated heterocycles. The number of thioether (sulfide) groups is 1. The summed E-state index contributed by atoms with van der Waals surface area (Å²) in [5, 5.41) is 3.58. The van der Waals surface area contributed by atoms with Crippen LogP contribution in [0.25, 0.3) is 0 Å². The number of carbonyl (C=O) groups is 2. The van der Waals surface area contributed by atoms with Crippen LogP contribution in [-0.2, 0) is 9.59 Å². The first-order valence-corrected chi connectivity index (χ1v) is 7.71. The van der Waals surface area contributed by atoms with Crippen molar-refractivity contribution in [3.8, 4) is 0 Å². The van der Waals surface area contributed by atoms with Gasteiger partial charge < -0.3 is 11.1 Å². The lowest BCUT2D eigenvalue weighted by Crippen LogP contribution is -2.32. The number of hydrogen-bond acceptors (Lipinski definition) is 3. The van der Waals surface area contributed by atoms with Gasteiger partial charge in [-0.1, -0.05) is 23.2 Å². The SMILES string of the molecule is C[C@@H](Sc1cc(Cl)ccc1Cl)C(=O)NCCCC(N)=O. The summed E-state index contributed by atoms with van der Waals surface area (Å²) in [4.78, 5) is 23.2. The number of amides is 2. The minimum atomic E-state index is -0.368. The molecule has 0 aromatic heterocycles. The Morgan fingerprint density at radius 2 is 2.10 bits per heavy atom. The maximum Gasteiger partial charge on any atom is 0.233 e. The average Bonchev–Trinajstić information content (AvgIpc) is 2.38. The summed E-state index contributed by atoms with van der Waals surface area (Å²) in [7, 11) is 0. The van der Waals surface area contributed by atoms with Gasteiger partial charge in [-0.2, -0.15) is 0 Å². The summed E-state index contributed by atoms with van der Waals surface area (Å²) in [5.41, 5.74) is 5.02. The van der Waals surface area contributed by atoms with Crippen molar-refractivity contribution in [3.05, 3.63) is 28.2 Å². The molecule has 0 bridgehead atoms. The lowest BCUT2D eigenvalue weighted by molar-refractivity contribution is -0.121. The fourth-order valence-corrected chi connectivity index (χ4v) is 2.86. The molecule has 3 N–H and O–H groups in total. The van der Waals surface area contributed by atoms with E-state index in [0.717, 1.165) is 4.90 Å². The highest BCUT2D eigenvalue weighted by Crippen LogP contribution is 2.32. The minimum Gasteiger partial charge on any atom is -0.370 e. The van der Waals surface area contributed by atoms with Gasteiger partial charge in [0, 0.05) is 22.9 Å². The van der Waals surface area contributed by atoms with Crippen LogP contribution in [0, 0.1) is 0 Å². The Bertz CT molecular complexity index is 497. The van der Waals surface area contributed by atoms with Crippen molar-refractivity contribution >= 4 is 46.8 Å². The highest BCUT2D eigenvalue weighted by molar-refractivity contribution is 8.00. The van der Waals surface area contributed by atoms with E-state index in [0.29, 0.717) is 23.0 Å². The zero-order chi connectivity index (χ0) is 15.1. The Morgan fingerprint density at radius 3 is 2.75 bits per heavy atom. The third kappa shape index (κ3) is 6.03. The minimum absolute atomic E-state index is 0.115. The molecule has 0 aliphatic heterocycles. The second kappa shape index (κ2) is 8.39. The molecule has 1 aromatic rings. The zero-order valence-electron chi connectivity index (χ0n) is 11.0. The largest absolute Gasteiger partial charge is 0.370 e. The maximum absolute atomic E-state index is 11.9. The number of hydrogen-bond donors (Lipinski definition) is 2. The van der Waals surface area contributed by atoms with Gasteiger partial charge in [0.25, 0.3) is 0 Å². The Labute approximate surface area is 132 Å². The van der Waals surface area contributed by atoms with Crippen LogP contribution in [0.2, 0.25) is 10.0 Å². The van der Waals surface area contributed by atoms with Crippen LogP contribution in [0.15, 0.2) is 23.1 Å². The molecule has 0 saturated carbocycles. The molecule has 0 aliphatic rings. The molecule has 0 spiro atoms. The molecule has 7 heteroatoms. The molecule has 0 aliphatic carbocycles. The highest BCUT2D eigenvalue weighted by Gasteiger charge is 2.15. The Balaban J connectivity index is 2.45. The Morgan fingerprint density at radius 1 is 1.40 bits per heavy atom. The molecule has 110 valence electrons. The van der Waals surface area contributed by atoms with E-state index in [9.17, 15) is 9.59 Å². The summed E-state index contributed by atoms with van der Waals surface area (Å²) in [6.07, 6.45) is 0.804. The smallest absolute Gasteiger partial charge is 0.233 e. The fourth-order valence-electron chi connectivity index (χ4n) is 1.43. The number of nitrogens with two attached hydrogens (primary N) is 1. The first-order chi connectivity index (χ1) is 9.40. The number of rotatable bonds is 7. The van der Waals surface area contributed by atoms with E-state index in [4.69, 9.17) is 28.9 Å².